The van der Waals surface area contributed by atoms with Crippen molar-refractivity contribution in [3.8, 4) is 0 Å². The lowest BCUT2D eigenvalue weighted by molar-refractivity contribution is -0.138. The highest BCUT2D eigenvalue weighted by atomic mass is 16.4. The van der Waals surface area contributed by atoms with Crippen molar-refractivity contribution in [2.75, 3.05) is 52.4 Å². The number of β-amino-alcohol motifs (C(OH)–C–C–N with tert-alkyl or cyclic N) is 1. The Bertz CT molecular complexity index is 369. The minimum atomic E-state index is -0.780. The molecule has 2 aliphatic rings. The largest absolute Gasteiger partial charge is 0.481 e. The number of carbonyl (C=O) groups excluding carboxylic acids is 1. The molecular formula is C14H25N3O4. The SMILES string of the molecule is O=C(O)CCN1CCN(C(=O)CN2CCCC(O)C2)CC1. The topological polar surface area (TPSA) is 84.3 Å². The number of carbonyl (C=O) groups is 2. The van der Waals surface area contributed by atoms with Gasteiger partial charge in [-0.1, -0.05) is 0 Å². The number of piperidine rings is 1. The lowest BCUT2D eigenvalue weighted by Crippen LogP contribution is -2.52. The molecule has 1 amide bonds. The van der Waals surface area contributed by atoms with E-state index in [-0.39, 0.29) is 18.4 Å². The quantitative estimate of drug-likeness (QED) is 0.682. The molecule has 0 aliphatic carbocycles. The number of nitrogens with zero attached hydrogens (tertiary/aromatic N) is 3. The summed E-state index contributed by atoms with van der Waals surface area (Å²) in [5, 5.41) is 18.3. The first kappa shape index (κ1) is 16.2. The fraction of sp³-hybridized carbons (Fsp3) is 0.857. The van der Waals surface area contributed by atoms with E-state index in [1.165, 1.54) is 0 Å². The minimum absolute atomic E-state index is 0.113. The number of carboxylic acid groups (broad SMARTS) is 1. The molecule has 0 radical (unpaired) electrons. The second-order valence-electron chi connectivity index (χ2n) is 5.90. The standard InChI is InChI=1S/C14H25N3O4/c18-12-2-1-4-16(10-12)11-13(19)17-8-6-15(7-9-17)5-3-14(20)21/h12,18H,1-11H2,(H,20,21). The van der Waals surface area contributed by atoms with Crippen molar-refractivity contribution in [1.29, 1.82) is 0 Å². The highest BCUT2D eigenvalue weighted by Gasteiger charge is 2.25. The summed E-state index contributed by atoms with van der Waals surface area (Å²) in [6.45, 7) is 5.19. The summed E-state index contributed by atoms with van der Waals surface area (Å²) in [6, 6.07) is 0. The lowest BCUT2D eigenvalue weighted by atomic mass is 10.1. The van der Waals surface area contributed by atoms with Crippen molar-refractivity contribution in [2.45, 2.75) is 25.4 Å². The van der Waals surface area contributed by atoms with Gasteiger partial charge in [0.2, 0.25) is 5.91 Å². The van der Waals surface area contributed by atoms with Crippen molar-refractivity contribution in [3.05, 3.63) is 0 Å². The fourth-order valence-electron chi connectivity index (χ4n) is 2.94. The monoisotopic (exact) mass is 299 g/mol. The maximum Gasteiger partial charge on any atom is 0.304 e. The van der Waals surface area contributed by atoms with Gasteiger partial charge in [0, 0.05) is 39.3 Å². The van der Waals surface area contributed by atoms with Gasteiger partial charge in [0.15, 0.2) is 0 Å². The molecule has 0 spiro atoms. The number of aliphatic hydroxyl groups excluding tert-OH is 1. The first-order valence-electron chi connectivity index (χ1n) is 7.67. The molecule has 1 unspecified atom stereocenters. The molecule has 7 nitrogen and oxygen atoms in total. The highest BCUT2D eigenvalue weighted by molar-refractivity contribution is 5.78. The van der Waals surface area contributed by atoms with Gasteiger partial charge in [-0.2, -0.15) is 0 Å². The number of carboxylic acids is 1. The zero-order chi connectivity index (χ0) is 15.2. The van der Waals surface area contributed by atoms with Gasteiger partial charge < -0.3 is 15.1 Å². The first-order valence-corrected chi connectivity index (χ1v) is 7.67. The molecule has 2 N–H and O–H groups in total. The van der Waals surface area contributed by atoms with E-state index < -0.39 is 5.97 Å². The van der Waals surface area contributed by atoms with Crippen LogP contribution in [0.3, 0.4) is 0 Å². The number of piperazine rings is 1. The van der Waals surface area contributed by atoms with Crippen molar-refractivity contribution >= 4 is 11.9 Å². The number of aliphatic carboxylic acids is 1. The predicted molar refractivity (Wildman–Crippen MR) is 77.0 cm³/mol. The second-order valence-corrected chi connectivity index (χ2v) is 5.90. The average Bonchev–Trinajstić information content (AvgIpc) is 2.45. The van der Waals surface area contributed by atoms with E-state index in [0.717, 1.165) is 32.5 Å². The average molecular weight is 299 g/mol. The number of likely N-dealkylation sites (tertiary alicyclic amines) is 1. The highest BCUT2D eigenvalue weighted by Crippen LogP contribution is 2.10. The summed E-state index contributed by atoms with van der Waals surface area (Å²) in [4.78, 5) is 28.7. The summed E-state index contributed by atoms with van der Waals surface area (Å²) in [5.41, 5.74) is 0. The lowest BCUT2D eigenvalue weighted by Gasteiger charge is -2.36. The van der Waals surface area contributed by atoms with Crippen molar-refractivity contribution < 1.29 is 19.8 Å². The van der Waals surface area contributed by atoms with Gasteiger partial charge in [-0.15, -0.1) is 0 Å². The number of amides is 1. The first-order chi connectivity index (χ1) is 10.0. The Morgan fingerprint density at radius 3 is 2.38 bits per heavy atom. The summed E-state index contributed by atoms with van der Waals surface area (Å²) in [7, 11) is 0. The summed E-state index contributed by atoms with van der Waals surface area (Å²) < 4.78 is 0. The number of rotatable bonds is 5. The van der Waals surface area contributed by atoms with E-state index in [9.17, 15) is 14.7 Å². The van der Waals surface area contributed by atoms with Crippen LogP contribution in [0.2, 0.25) is 0 Å². The molecule has 0 bridgehead atoms. The molecule has 7 heteroatoms. The van der Waals surface area contributed by atoms with Gasteiger partial charge in [-0.25, -0.2) is 0 Å². The van der Waals surface area contributed by atoms with Crippen LogP contribution in [-0.4, -0.2) is 95.3 Å². The van der Waals surface area contributed by atoms with Crippen LogP contribution in [-0.2, 0) is 9.59 Å². The van der Waals surface area contributed by atoms with Crippen molar-refractivity contribution in [1.82, 2.24) is 14.7 Å². The molecule has 0 aromatic carbocycles. The van der Waals surface area contributed by atoms with Crippen LogP contribution in [0.15, 0.2) is 0 Å². The van der Waals surface area contributed by atoms with E-state index in [0.29, 0.717) is 32.7 Å². The fourth-order valence-corrected chi connectivity index (χ4v) is 2.94. The van der Waals surface area contributed by atoms with Crippen LogP contribution in [0.5, 0.6) is 0 Å². The van der Waals surface area contributed by atoms with E-state index in [1.54, 1.807) is 0 Å². The Labute approximate surface area is 125 Å². The second kappa shape index (κ2) is 7.72. The molecule has 0 aromatic rings. The molecule has 120 valence electrons. The van der Waals surface area contributed by atoms with Crippen LogP contribution in [0, 0.1) is 0 Å². The molecule has 0 saturated carbocycles. The molecule has 2 rings (SSSR count). The van der Waals surface area contributed by atoms with Crippen LogP contribution in [0.4, 0.5) is 0 Å². The van der Waals surface area contributed by atoms with E-state index in [4.69, 9.17) is 5.11 Å². The molecule has 2 heterocycles. The number of aliphatic hydroxyl groups is 1. The minimum Gasteiger partial charge on any atom is -0.481 e. The number of hydrogen-bond acceptors (Lipinski definition) is 5. The zero-order valence-electron chi connectivity index (χ0n) is 12.4. The molecule has 0 aromatic heterocycles. The Kier molecular flexibility index (Phi) is 5.96. The van der Waals surface area contributed by atoms with Crippen LogP contribution < -0.4 is 0 Å². The Hall–Kier alpha value is -1.18. The van der Waals surface area contributed by atoms with Gasteiger partial charge in [0.1, 0.15) is 0 Å². The summed E-state index contributed by atoms with van der Waals surface area (Å²) >= 11 is 0. The Morgan fingerprint density at radius 1 is 1.05 bits per heavy atom. The maximum atomic E-state index is 12.2. The smallest absolute Gasteiger partial charge is 0.304 e. The molecule has 2 saturated heterocycles. The molecule has 21 heavy (non-hydrogen) atoms. The van der Waals surface area contributed by atoms with Gasteiger partial charge in [-0.3, -0.25) is 19.4 Å². The Balaban J connectivity index is 1.69. The summed E-state index contributed by atoms with van der Waals surface area (Å²) in [6.07, 6.45) is 1.61. The third-order valence-electron chi connectivity index (χ3n) is 4.21. The third-order valence-corrected chi connectivity index (χ3v) is 4.21. The maximum absolute atomic E-state index is 12.2. The van der Waals surface area contributed by atoms with E-state index in [2.05, 4.69) is 4.90 Å². The van der Waals surface area contributed by atoms with Crippen LogP contribution >= 0.6 is 0 Å². The zero-order valence-corrected chi connectivity index (χ0v) is 12.4. The van der Waals surface area contributed by atoms with Gasteiger partial charge >= 0.3 is 5.97 Å². The van der Waals surface area contributed by atoms with Crippen molar-refractivity contribution in [3.63, 3.8) is 0 Å². The Morgan fingerprint density at radius 2 is 1.76 bits per heavy atom. The van der Waals surface area contributed by atoms with E-state index in [1.807, 2.05) is 9.80 Å². The van der Waals surface area contributed by atoms with Crippen molar-refractivity contribution in [2.24, 2.45) is 0 Å². The van der Waals surface area contributed by atoms with Crippen LogP contribution in [0.25, 0.3) is 0 Å². The van der Waals surface area contributed by atoms with Crippen LogP contribution in [0.1, 0.15) is 19.3 Å². The molecule has 1 atom stereocenters. The summed E-state index contributed by atoms with van der Waals surface area (Å²) in [5.74, 6) is -0.667. The molecule has 2 aliphatic heterocycles. The van der Waals surface area contributed by atoms with Gasteiger partial charge in [0.05, 0.1) is 19.1 Å². The third kappa shape index (κ3) is 5.26. The number of hydrogen-bond donors (Lipinski definition) is 2. The normalized spacial score (nSPS) is 25.0. The van der Waals surface area contributed by atoms with Gasteiger partial charge in [-0.05, 0) is 19.4 Å². The molecular weight excluding hydrogens is 274 g/mol. The van der Waals surface area contributed by atoms with Gasteiger partial charge in [0.25, 0.3) is 0 Å². The molecule has 2 fully saturated rings. The predicted octanol–water partition coefficient (Wildman–Crippen LogP) is -0.938. The van der Waals surface area contributed by atoms with E-state index >= 15 is 0 Å².